The third-order valence-electron chi connectivity index (χ3n) is 5.31. The Bertz CT molecular complexity index is 842. The number of aryl methyl sites for hydroxylation is 1. The molecule has 1 aliphatic carbocycles. The van der Waals surface area contributed by atoms with E-state index in [9.17, 15) is 0 Å². The van der Waals surface area contributed by atoms with Gasteiger partial charge in [-0.15, -0.1) is 0 Å². The fraction of sp³-hybridized carbons (Fsp3) is 0.250. The molecule has 2 atom stereocenters. The third kappa shape index (κ3) is 2.89. The SMILES string of the molecule is Cc1ccc(-c2cccc([C@H]3C[C@@H](C)Cc4ccccc43)c2)cc1. The smallest absolute Gasteiger partial charge is 0.00949 e. The van der Waals surface area contributed by atoms with Crippen LogP contribution in [-0.4, -0.2) is 0 Å². The van der Waals surface area contributed by atoms with E-state index in [0.29, 0.717) is 5.92 Å². The van der Waals surface area contributed by atoms with Gasteiger partial charge in [0.05, 0.1) is 0 Å². The van der Waals surface area contributed by atoms with Crippen molar-refractivity contribution in [2.75, 3.05) is 0 Å². The average Bonchev–Trinajstić information content (AvgIpc) is 2.62. The fourth-order valence-electron chi connectivity index (χ4n) is 4.04. The maximum Gasteiger partial charge on any atom is 0.00949 e. The first-order valence-electron chi connectivity index (χ1n) is 8.95. The van der Waals surface area contributed by atoms with Crippen molar-refractivity contribution in [2.45, 2.75) is 32.6 Å². The Hall–Kier alpha value is -2.34. The van der Waals surface area contributed by atoms with Gasteiger partial charge in [0.1, 0.15) is 0 Å². The molecule has 1 aliphatic rings. The largest absolute Gasteiger partial charge is 0.0622 e. The molecule has 0 spiro atoms. The van der Waals surface area contributed by atoms with Gasteiger partial charge in [0, 0.05) is 5.92 Å². The molecule has 0 nitrogen and oxygen atoms in total. The Labute approximate surface area is 145 Å². The van der Waals surface area contributed by atoms with Crippen LogP contribution in [0.4, 0.5) is 0 Å². The second-order valence-corrected chi connectivity index (χ2v) is 7.29. The lowest BCUT2D eigenvalue weighted by molar-refractivity contribution is 0.464. The van der Waals surface area contributed by atoms with Gasteiger partial charge in [-0.2, -0.15) is 0 Å². The van der Waals surface area contributed by atoms with Crippen molar-refractivity contribution in [3.05, 3.63) is 95.1 Å². The van der Waals surface area contributed by atoms with E-state index < -0.39 is 0 Å². The van der Waals surface area contributed by atoms with E-state index in [1.165, 1.54) is 46.2 Å². The summed E-state index contributed by atoms with van der Waals surface area (Å²) in [6, 6.07) is 27.0. The van der Waals surface area contributed by atoms with Crippen LogP contribution in [0.25, 0.3) is 11.1 Å². The highest BCUT2D eigenvalue weighted by Gasteiger charge is 2.25. The zero-order chi connectivity index (χ0) is 16.5. The summed E-state index contributed by atoms with van der Waals surface area (Å²) in [6.07, 6.45) is 2.46. The Morgan fingerprint density at radius 3 is 2.42 bits per heavy atom. The Kier molecular flexibility index (Phi) is 3.98. The summed E-state index contributed by atoms with van der Waals surface area (Å²) >= 11 is 0. The summed E-state index contributed by atoms with van der Waals surface area (Å²) in [5, 5.41) is 0. The first kappa shape index (κ1) is 15.2. The lowest BCUT2D eigenvalue weighted by atomic mass is 9.74. The van der Waals surface area contributed by atoms with E-state index in [1.54, 1.807) is 0 Å². The van der Waals surface area contributed by atoms with Gasteiger partial charge in [-0.05, 0) is 53.5 Å². The van der Waals surface area contributed by atoms with E-state index in [1.807, 2.05) is 0 Å². The number of hydrogen-bond donors (Lipinski definition) is 0. The van der Waals surface area contributed by atoms with Gasteiger partial charge >= 0.3 is 0 Å². The topological polar surface area (TPSA) is 0 Å². The summed E-state index contributed by atoms with van der Waals surface area (Å²) in [6.45, 7) is 4.52. The minimum absolute atomic E-state index is 0.523. The van der Waals surface area contributed by atoms with Crippen LogP contribution in [-0.2, 0) is 6.42 Å². The molecule has 0 N–H and O–H groups in total. The van der Waals surface area contributed by atoms with Crippen LogP contribution in [0, 0.1) is 12.8 Å². The average molecular weight is 312 g/mol. The van der Waals surface area contributed by atoms with E-state index in [4.69, 9.17) is 0 Å². The Balaban J connectivity index is 1.75. The first-order valence-corrected chi connectivity index (χ1v) is 8.95. The van der Waals surface area contributed by atoms with E-state index in [-0.39, 0.29) is 0 Å². The summed E-state index contributed by atoms with van der Waals surface area (Å²) in [7, 11) is 0. The van der Waals surface area contributed by atoms with Crippen LogP contribution in [0.5, 0.6) is 0 Å². The summed E-state index contributed by atoms with van der Waals surface area (Å²) in [5.74, 6) is 1.27. The summed E-state index contributed by atoms with van der Waals surface area (Å²) in [4.78, 5) is 0. The highest BCUT2D eigenvalue weighted by molar-refractivity contribution is 5.65. The van der Waals surface area contributed by atoms with Gasteiger partial charge in [0.25, 0.3) is 0 Å². The van der Waals surface area contributed by atoms with Crippen LogP contribution in [0.3, 0.4) is 0 Å². The van der Waals surface area contributed by atoms with Gasteiger partial charge in [-0.25, -0.2) is 0 Å². The predicted molar refractivity (Wildman–Crippen MR) is 102 cm³/mol. The lowest BCUT2D eigenvalue weighted by Crippen LogP contribution is -2.17. The number of hydrogen-bond acceptors (Lipinski definition) is 0. The standard InChI is InChI=1S/C24H24/c1-17-10-12-19(13-11-17)20-7-5-8-22(16-20)24-15-18(2)14-21-6-3-4-9-23(21)24/h3-13,16,18,24H,14-15H2,1-2H3/t18-,24+/m0/s1. The summed E-state index contributed by atoms with van der Waals surface area (Å²) < 4.78 is 0. The highest BCUT2D eigenvalue weighted by atomic mass is 14.3. The second-order valence-electron chi connectivity index (χ2n) is 7.29. The zero-order valence-corrected chi connectivity index (χ0v) is 14.5. The molecule has 0 unspecified atom stereocenters. The Morgan fingerprint density at radius 2 is 1.58 bits per heavy atom. The molecule has 0 heteroatoms. The molecule has 0 amide bonds. The third-order valence-corrected chi connectivity index (χ3v) is 5.31. The molecule has 0 fully saturated rings. The maximum atomic E-state index is 2.39. The quantitative estimate of drug-likeness (QED) is 0.515. The van der Waals surface area contributed by atoms with Crippen molar-refractivity contribution in [3.63, 3.8) is 0 Å². The van der Waals surface area contributed by atoms with Crippen molar-refractivity contribution in [1.29, 1.82) is 0 Å². The van der Waals surface area contributed by atoms with E-state index in [0.717, 1.165) is 5.92 Å². The molecule has 4 rings (SSSR count). The molecule has 0 aliphatic heterocycles. The molecular weight excluding hydrogens is 288 g/mol. The van der Waals surface area contributed by atoms with Gasteiger partial charge in [0.2, 0.25) is 0 Å². The fourth-order valence-corrected chi connectivity index (χ4v) is 4.04. The molecular formula is C24H24. The van der Waals surface area contributed by atoms with Crippen molar-refractivity contribution >= 4 is 0 Å². The van der Waals surface area contributed by atoms with Gasteiger partial charge in [-0.1, -0.05) is 85.3 Å². The maximum absolute atomic E-state index is 2.39. The Morgan fingerprint density at radius 1 is 0.792 bits per heavy atom. The molecule has 120 valence electrons. The van der Waals surface area contributed by atoms with Crippen LogP contribution in [0.2, 0.25) is 0 Å². The normalized spacial score (nSPS) is 19.8. The van der Waals surface area contributed by atoms with Gasteiger partial charge in [0.15, 0.2) is 0 Å². The molecule has 0 aromatic heterocycles. The molecule has 0 heterocycles. The number of benzene rings is 3. The minimum atomic E-state index is 0.523. The minimum Gasteiger partial charge on any atom is -0.0622 e. The van der Waals surface area contributed by atoms with E-state index >= 15 is 0 Å². The highest BCUT2D eigenvalue weighted by Crippen LogP contribution is 2.40. The monoisotopic (exact) mass is 312 g/mol. The van der Waals surface area contributed by atoms with Crippen molar-refractivity contribution < 1.29 is 0 Å². The summed E-state index contributed by atoms with van der Waals surface area (Å²) in [5.41, 5.74) is 8.44. The molecule has 0 saturated carbocycles. The molecule has 0 bridgehead atoms. The molecule has 0 radical (unpaired) electrons. The van der Waals surface area contributed by atoms with Crippen LogP contribution in [0.1, 0.15) is 41.5 Å². The van der Waals surface area contributed by atoms with Crippen LogP contribution in [0.15, 0.2) is 72.8 Å². The molecule has 24 heavy (non-hydrogen) atoms. The molecule has 3 aromatic carbocycles. The molecule has 0 saturated heterocycles. The lowest BCUT2D eigenvalue weighted by Gasteiger charge is -2.30. The van der Waals surface area contributed by atoms with E-state index in [2.05, 4.69) is 86.6 Å². The zero-order valence-electron chi connectivity index (χ0n) is 14.5. The number of rotatable bonds is 2. The van der Waals surface area contributed by atoms with Crippen molar-refractivity contribution in [2.24, 2.45) is 5.92 Å². The predicted octanol–water partition coefficient (Wildman–Crippen LogP) is 6.38. The first-order chi connectivity index (χ1) is 11.7. The number of fused-ring (bicyclic) bond motifs is 1. The van der Waals surface area contributed by atoms with Crippen LogP contribution < -0.4 is 0 Å². The second kappa shape index (κ2) is 6.28. The van der Waals surface area contributed by atoms with Crippen LogP contribution >= 0.6 is 0 Å². The van der Waals surface area contributed by atoms with Crippen molar-refractivity contribution in [1.82, 2.24) is 0 Å². The van der Waals surface area contributed by atoms with Gasteiger partial charge < -0.3 is 0 Å². The van der Waals surface area contributed by atoms with Crippen molar-refractivity contribution in [3.8, 4) is 11.1 Å². The van der Waals surface area contributed by atoms with Gasteiger partial charge in [-0.3, -0.25) is 0 Å². The molecule has 3 aromatic rings.